The van der Waals surface area contributed by atoms with Crippen LogP contribution in [0.2, 0.25) is 0 Å². The number of aryl methyl sites for hydroxylation is 3. The Morgan fingerprint density at radius 2 is 1.72 bits per heavy atom. The van der Waals surface area contributed by atoms with Crippen molar-refractivity contribution in [1.82, 2.24) is 25.0 Å². The summed E-state index contributed by atoms with van der Waals surface area (Å²) in [5, 5.41) is 12.8. The van der Waals surface area contributed by atoms with Crippen LogP contribution in [0.3, 0.4) is 0 Å². The Labute approximate surface area is 115 Å². The normalized spacial score (nSPS) is 10.9. The van der Waals surface area contributed by atoms with Crippen molar-refractivity contribution >= 4 is 15.9 Å². The molecule has 0 aliphatic rings. The summed E-state index contributed by atoms with van der Waals surface area (Å²) in [5.41, 5.74) is 3.86. The number of hydrogen-bond donors (Lipinski definition) is 0. The van der Waals surface area contributed by atoms with E-state index >= 15 is 0 Å². The fourth-order valence-corrected chi connectivity index (χ4v) is 2.08. The second-order valence-electron chi connectivity index (χ2n) is 4.11. The van der Waals surface area contributed by atoms with Crippen LogP contribution >= 0.6 is 15.9 Å². The van der Waals surface area contributed by atoms with Crippen molar-refractivity contribution in [2.45, 2.75) is 40.5 Å². The molecule has 0 aliphatic carbocycles. The summed E-state index contributed by atoms with van der Waals surface area (Å²) in [6.45, 7) is 8.06. The lowest BCUT2D eigenvalue weighted by Crippen LogP contribution is -2.11. The Morgan fingerprint density at radius 1 is 1.06 bits per heavy atom. The quantitative estimate of drug-likeness (QED) is 0.874. The minimum absolute atomic E-state index is 0.537. The van der Waals surface area contributed by atoms with Gasteiger partial charge in [0.25, 0.3) is 5.95 Å². The highest BCUT2D eigenvalue weighted by molar-refractivity contribution is 9.10. The first kappa shape index (κ1) is 13.1. The first-order chi connectivity index (χ1) is 8.58. The van der Waals surface area contributed by atoms with Gasteiger partial charge in [0, 0.05) is 0 Å². The van der Waals surface area contributed by atoms with Gasteiger partial charge in [0.15, 0.2) is 0 Å². The van der Waals surface area contributed by atoms with Crippen molar-refractivity contribution in [2.75, 3.05) is 0 Å². The predicted octanol–water partition coefficient (Wildman–Crippen LogP) is 2.56. The summed E-state index contributed by atoms with van der Waals surface area (Å²) in [4.78, 5) is 4.55. The molecular formula is C12H16BrN5. The van der Waals surface area contributed by atoms with Gasteiger partial charge in [-0.1, -0.05) is 13.8 Å². The van der Waals surface area contributed by atoms with Crippen LogP contribution in [0.1, 0.15) is 36.6 Å². The van der Waals surface area contributed by atoms with Gasteiger partial charge in [-0.25, -0.2) is 9.67 Å². The monoisotopic (exact) mass is 309 g/mol. The van der Waals surface area contributed by atoms with E-state index in [2.05, 4.69) is 50.1 Å². The van der Waals surface area contributed by atoms with Crippen LogP contribution in [-0.4, -0.2) is 25.0 Å². The Kier molecular flexibility index (Phi) is 3.75. The van der Waals surface area contributed by atoms with Crippen molar-refractivity contribution in [1.29, 1.82) is 0 Å². The fourth-order valence-electron chi connectivity index (χ4n) is 1.84. The van der Waals surface area contributed by atoms with E-state index < -0.39 is 0 Å². The van der Waals surface area contributed by atoms with Crippen LogP contribution in [0, 0.1) is 13.8 Å². The van der Waals surface area contributed by atoms with Gasteiger partial charge < -0.3 is 0 Å². The van der Waals surface area contributed by atoms with E-state index in [1.165, 1.54) is 0 Å². The van der Waals surface area contributed by atoms with E-state index in [-0.39, 0.29) is 0 Å². The van der Waals surface area contributed by atoms with Gasteiger partial charge in [-0.3, -0.25) is 0 Å². The maximum absolute atomic E-state index is 4.55. The molecule has 2 aromatic heterocycles. The number of halogens is 1. The van der Waals surface area contributed by atoms with Crippen molar-refractivity contribution in [3.05, 3.63) is 27.2 Å². The Morgan fingerprint density at radius 3 is 2.22 bits per heavy atom. The van der Waals surface area contributed by atoms with Gasteiger partial charge in [-0.05, 0) is 42.6 Å². The molecule has 2 heterocycles. The zero-order valence-electron chi connectivity index (χ0n) is 11.0. The fraction of sp³-hybridized carbons (Fsp3) is 0.500. The molecule has 0 aliphatic heterocycles. The third-order valence-corrected chi connectivity index (χ3v) is 4.04. The molecular weight excluding hydrogens is 294 g/mol. The summed E-state index contributed by atoms with van der Waals surface area (Å²) in [6.07, 6.45) is 1.70. The Balaban J connectivity index is 2.54. The zero-order valence-corrected chi connectivity index (χ0v) is 12.6. The molecule has 2 aromatic rings. The molecule has 0 N–H and O–H groups in total. The average molecular weight is 310 g/mol. The van der Waals surface area contributed by atoms with Crippen molar-refractivity contribution in [3.63, 3.8) is 0 Å². The summed E-state index contributed by atoms with van der Waals surface area (Å²) < 4.78 is 2.72. The van der Waals surface area contributed by atoms with Crippen LogP contribution < -0.4 is 0 Å². The number of nitrogens with zero attached hydrogens (tertiary/aromatic N) is 5. The summed E-state index contributed by atoms with van der Waals surface area (Å²) in [6, 6.07) is 0. The first-order valence-electron chi connectivity index (χ1n) is 6.03. The molecule has 6 heteroatoms. The number of hydrogen-bond acceptors (Lipinski definition) is 4. The highest BCUT2D eigenvalue weighted by atomic mass is 79.9. The van der Waals surface area contributed by atoms with Gasteiger partial charge in [0.1, 0.15) is 0 Å². The molecule has 0 saturated carbocycles. The van der Waals surface area contributed by atoms with Gasteiger partial charge in [0.05, 0.1) is 27.2 Å². The third-order valence-electron chi connectivity index (χ3n) is 2.89. The van der Waals surface area contributed by atoms with Crippen molar-refractivity contribution in [3.8, 4) is 5.95 Å². The lowest BCUT2D eigenvalue weighted by molar-refractivity contribution is 0.712. The summed E-state index contributed by atoms with van der Waals surface area (Å²) in [7, 11) is 0. The molecule has 96 valence electrons. The molecule has 0 amide bonds. The molecule has 2 rings (SSSR count). The molecule has 0 fully saturated rings. The van der Waals surface area contributed by atoms with Gasteiger partial charge >= 0.3 is 0 Å². The maximum Gasteiger partial charge on any atom is 0.270 e. The minimum Gasteiger partial charge on any atom is -0.213 e. The SMILES string of the molecule is CCc1nnc(-n2nc(C)c(Br)c2C)nc1CC. The standard InChI is InChI=1S/C12H16BrN5/c1-5-9-10(6-2)15-16-12(14-9)18-8(4)11(13)7(3)17-18/h5-6H2,1-4H3. The molecule has 0 atom stereocenters. The average Bonchev–Trinajstić information content (AvgIpc) is 2.65. The maximum atomic E-state index is 4.55. The molecule has 5 nitrogen and oxygen atoms in total. The van der Waals surface area contributed by atoms with Crippen LogP contribution in [0.5, 0.6) is 0 Å². The highest BCUT2D eigenvalue weighted by Crippen LogP contribution is 2.21. The second kappa shape index (κ2) is 5.14. The van der Waals surface area contributed by atoms with E-state index in [1.54, 1.807) is 4.68 Å². The molecule has 0 aromatic carbocycles. The predicted molar refractivity (Wildman–Crippen MR) is 72.9 cm³/mol. The molecule has 0 radical (unpaired) electrons. The summed E-state index contributed by atoms with van der Waals surface area (Å²) in [5.74, 6) is 0.537. The van der Waals surface area contributed by atoms with Crippen molar-refractivity contribution in [2.24, 2.45) is 0 Å². The zero-order chi connectivity index (χ0) is 13.3. The first-order valence-corrected chi connectivity index (χ1v) is 6.82. The lowest BCUT2D eigenvalue weighted by atomic mass is 10.2. The molecule has 0 saturated heterocycles. The molecule has 18 heavy (non-hydrogen) atoms. The summed E-state index contributed by atoms with van der Waals surface area (Å²) >= 11 is 3.50. The van der Waals surface area contributed by atoms with E-state index in [1.807, 2.05) is 13.8 Å². The Bertz CT molecular complexity index is 576. The van der Waals surface area contributed by atoms with E-state index in [0.29, 0.717) is 5.95 Å². The number of aromatic nitrogens is 5. The van der Waals surface area contributed by atoms with E-state index in [4.69, 9.17) is 0 Å². The second-order valence-corrected chi connectivity index (χ2v) is 4.90. The topological polar surface area (TPSA) is 56.5 Å². The van der Waals surface area contributed by atoms with Crippen LogP contribution in [0.25, 0.3) is 5.95 Å². The highest BCUT2D eigenvalue weighted by Gasteiger charge is 2.14. The van der Waals surface area contributed by atoms with E-state index in [0.717, 1.165) is 40.1 Å². The van der Waals surface area contributed by atoms with Gasteiger partial charge in [0.2, 0.25) is 0 Å². The largest absolute Gasteiger partial charge is 0.270 e. The van der Waals surface area contributed by atoms with Crippen LogP contribution in [0.4, 0.5) is 0 Å². The minimum atomic E-state index is 0.537. The lowest BCUT2D eigenvalue weighted by Gasteiger charge is -2.06. The molecule has 0 bridgehead atoms. The smallest absolute Gasteiger partial charge is 0.213 e. The molecule has 0 unspecified atom stereocenters. The molecule has 0 spiro atoms. The van der Waals surface area contributed by atoms with Crippen LogP contribution in [0.15, 0.2) is 4.47 Å². The van der Waals surface area contributed by atoms with Crippen LogP contribution in [-0.2, 0) is 12.8 Å². The third kappa shape index (κ3) is 2.16. The van der Waals surface area contributed by atoms with Gasteiger partial charge in [-0.15, -0.1) is 10.2 Å². The Hall–Kier alpha value is -1.30. The van der Waals surface area contributed by atoms with Crippen molar-refractivity contribution < 1.29 is 0 Å². The van der Waals surface area contributed by atoms with Gasteiger partial charge in [-0.2, -0.15) is 5.10 Å². The number of rotatable bonds is 3. The van der Waals surface area contributed by atoms with E-state index in [9.17, 15) is 0 Å².